The minimum absolute atomic E-state index is 0.292. The van der Waals surface area contributed by atoms with Crippen molar-refractivity contribution in [3.63, 3.8) is 0 Å². The highest BCUT2D eigenvalue weighted by atomic mass is 16.5. The van der Waals surface area contributed by atoms with E-state index in [-0.39, 0.29) is 0 Å². The summed E-state index contributed by atoms with van der Waals surface area (Å²) in [4.78, 5) is 6.95. The summed E-state index contributed by atoms with van der Waals surface area (Å²) in [6.07, 6.45) is 3.64. The van der Waals surface area contributed by atoms with Crippen LogP contribution in [-0.4, -0.2) is 43.0 Å². The summed E-state index contributed by atoms with van der Waals surface area (Å²) in [6, 6.07) is 2.15. The van der Waals surface area contributed by atoms with Crippen molar-refractivity contribution in [3.8, 4) is 0 Å². The molecule has 1 fully saturated rings. The van der Waals surface area contributed by atoms with E-state index in [1.807, 2.05) is 0 Å². The summed E-state index contributed by atoms with van der Waals surface area (Å²) < 4.78 is 7.28. The lowest BCUT2D eigenvalue weighted by molar-refractivity contribution is 0.326. The Bertz CT molecular complexity index is 890. The van der Waals surface area contributed by atoms with E-state index in [0.717, 1.165) is 54.7 Å². The largest absolute Gasteiger partial charge is 0.368 e. The van der Waals surface area contributed by atoms with Gasteiger partial charge in [0, 0.05) is 24.9 Å². The molecule has 0 unspecified atom stereocenters. The molecule has 0 aliphatic carbocycles. The number of fused-ring (bicyclic) bond motifs is 1. The third-order valence-corrected chi connectivity index (χ3v) is 5.02. The fraction of sp³-hybridized carbons (Fsp3) is 0.611. The van der Waals surface area contributed by atoms with Gasteiger partial charge in [-0.15, -0.1) is 10.2 Å². The van der Waals surface area contributed by atoms with Crippen LogP contribution >= 0.6 is 0 Å². The zero-order valence-corrected chi connectivity index (χ0v) is 15.8. The molecule has 1 saturated heterocycles. The zero-order chi connectivity index (χ0) is 18.3. The monoisotopic (exact) mass is 355 g/mol. The molecule has 0 aromatic carbocycles. The minimum atomic E-state index is 0.292. The van der Waals surface area contributed by atoms with Crippen molar-refractivity contribution in [1.29, 1.82) is 0 Å². The van der Waals surface area contributed by atoms with E-state index in [2.05, 4.69) is 64.1 Å². The summed E-state index contributed by atoms with van der Waals surface area (Å²) in [6.45, 7) is 10.3. The maximum atomic E-state index is 5.50. The number of hydrogen-bond donors (Lipinski definition) is 0. The fourth-order valence-electron chi connectivity index (χ4n) is 3.36. The molecule has 0 atom stereocenters. The highest BCUT2D eigenvalue weighted by Crippen LogP contribution is 2.32. The third-order valence-electron chi connectivity index (χ3n) is 5.02. The van der Waals surface area contributed by atoms with Gasteiger partial charge in [0.05, 0.1) is 11.4 Å². The van der Waals surface area contributed by atoms with Crippen molar-refractivity contribution < 1.29 is 4.52 Å². The van der Waals surface area contributed by atoms with Crippen molar-refractivity contribution in [1.82, 2.24) is 30.0 Å². The average molecular weight is 355 g/mol. The van der Waals surface area contributed by atoms with Crippen LogP contribution in [-0.2, 0) is 0 Å². The van der Waals surface area contributed by atoms with Crippen LogP contribution in [0.4, 0.5) is 5.69 Å². The molecule has 4 heterocycles. The molecule has 3 aromatic heterocycles. The summed E-state index contributed by atoms with van der Waals surface area (Å²) in [5, 5.41) is 17.0. The molecule has 0 N–H and O–H groups in total. The van der Waals surface area contributed by atoms with Crippen LogP contribution in [0.15, 0.2) is 16.9 Å². The van der Waals surface area contributed by atoms with Gasteiger partial charge in [-0.1, -0.05) is 32.9 Å². The first-order valence-electron chi connectivity index (χ1n) is 9.32. The van der Waals surface area contributed by atoms with Gasteiger partial charge in [0.1, 0.15) is 6.33 Å². The predicted molar refractivity (Wildman–Crippen MR) is 97.4 cm³/mol. The zero-order valence-electron chi connectivity index (χ0n) is 15.8. The van der Waals surface area contributed by atoms with Crippen LogP contribution in [0.25, 0.3) is 5.65 Å². The van der Waals surface area contributed by atoms with Crippen molar-refractivity contribution >= 4 is 11.3 Å². The molecule has 26 heavy (non-hydrogen) atoms. The SMILES string of the molecule is CC(C)c1cc(N2CCC(c3nc(C(C)C)no3)CC2)c2nncn2n1. The average Bonchev–Trinajstić information content (AvgIpc) is 3.30. The molecule has 0 amide bonds. The maximum Gasteiger partial charge on any atom is 0.229 e. The van der Waals surface area contributed by atoms with Crippen molar-refractivity contribution in [2.24, 2.45) is 0 Å². The van der Waals surface area contributed by atoms with Crippen molar-refractivity contribution in [3.05, 3.63) is 29.8 Å². The van der Waals surface area contributed by atoms with E-state index in [0.29, 0.717) is 17.8 Å². The second kappa shape index (κ2) is 6.66. The molecule has 1 aliphatic heterocycles. The van der Waals surface area contributed by atoms with Crippen LogP contribution < -0.4 is 4.90 Å². The van der Waals surface area contributed by atoms with Gasteiger partial charge in [0.2, 0.25) is 11.5 Å². The molecule has 1 aliphatic rings. The van der Waals surface area contributed by atoms with Gasteiger partial charge < -0.3 is 9.42 Å². The maximum absolute atomic E-state index is 5.50. The molecule has 0 radical (unpaired) electrons. The van der Waals surface area contributed by atoms with E-state index in [1.165, 1.54) is 0 Å². The van der Waals surface area contributed by atoms with Crippen LogP contribution in [0.2, 0.25) is 0 Å². The van der Waals surface area contributed by atoms with Gasteiger partial charge in [-0.25, -0.2) is 0 Å². The van der Waals surface area contributed by atoms with Crippen LogP contribution in [0.5, 0.6) is 0 Å². The third kappa shape index (κ3) is 3.04. The fourth-order valence-corrected chi connectivity index (χ4v) is 3.36. The second-order valence-electron chi connectivity index (χ2n) is 7.62. The lowest BCUT2D eigenvalue weighted by Gasteiger charge is -2.32. The number of piperidine rings is 1. The Balaban J connectivity index is 1.54. The normalized spacial score (nSPS) is 16.3. The van der Waals surface area contributed by atoms with Crippen molar-refractivity contribution in [2.45, 2.75) is 58.3 Å². The first-order chi connectivity index (χ1) is 12.5. The van der Waals surface area contributed by atoms with E-state index >= 15 is 0 Å². The van der Waals surface area contributed by atoms with Crippen LogP contribution in [0, 0.1) is 0 Å². The number of aromatic nitrogens is 6. The lowest BCUT2D eigenvalue weighted by atomic mass is 9.96. The van der Waals surface area contributed by atoms with Crippen molar-refractivity contribution in [2.75, 3.05) is 18.0 Å². The number of rotatable bonds is 4. The summed E-state index contributed by atoms with van der Waals surface area (Å²) in [7, 11) is 0. The molecule has 0 bridgehead atoms. The van der Waals surface area contributed by atoms with E-state index < -0.39 is 0 Å². The van der Waals surface area contributed by atoms with Crippen LogP contribution in [0.3, 0.4) is 0 Å². The Kier molecular flexibility index (Phi) is 4.34. The first-order valence-corrected chi connectivity index (χ1v) is 9.32. The second-order valence-corrected chi connectivity index (χ2v) is 7.62. The Morgan fingerprint density at radius 1 is 1.12 bits per heavy atom. The Morgan fingerprint density at radius 2 is 1.88 bits per heavy atom. The highest BCUT2D eigenvalue weighted by Gasteiger charge is 2.27. The molecule has 3 aromatic rings. The summed E-state index contributed by atoms with van der Waals surface area (Å²) in [5.41, 5.74) is 2.97. The van der Waals surface area contributed by atoms with E-state index in [9.17, 15) is 0 Å². The van der Waals surface area contributed by atoms with E-state index in [1.54, 1.807) is 10.8 Å². The smallest absolute Gasteiger partial charge is 0.229 e. The standard InChI is InChI=1S/C18H25N7O/c1-11(2)14-9-15(17-21-19-10-25(17)22-14)24-7-5-13(6-8-24)18-20-16(12(3)4)23-26-18/h9-13H,5-8H2,1-4H3. The number of anilines is 1. The lowest BCUT2D eigenvalue weighted by Crippen LogP contribution is -2.33. The first kappa shape index (κ1) is 16.9. The molecule has 138 valence electrons. The number of hydrogen-bond acceptors (Lipinski definition) is 7. The molecule has 0 spiro atoms. The Labute approximate surface area is 152 Å². The minimum Gasteiger partial charge on any atom is -0.368 e. The van der Waals surface area contributed by atoms with Gasteiger partial charge in [-0.05, 0) is 24.8 Å². The van der Waals surface area contributed by atoms with E-state index in [4.69, 9.17) is 4.52 Å². The highest BCUT2D eigenvalue weighted by molar-refractivity contribution is 5.68. The predicted octanol–water partition coefficient (Wildman–Crippen LogP) is 3.14. The topological polar surface area (TPSA) is 85.2 Å². The molecule has 0 saturated carbocycles. The summed E-state index contributed by atoms with van der Waals surface area (Å²) >= 11 is 0. The number of nitrogens with zero attached hydrogens (tertiary/aromatic N) is 7. The molecular formula is C18H25N7O. The quantitative estimate of drug-likeness (QED) is 0.710. The molecule has 8 heteroatoms. The van der Waals surface area contributed by atoms with Crippen LogP contribution in [0.1, 0.15) is 75.7 Å². The Hall–Kier alpha value is -2.51. The Morgan fingerprint density at radius 3 is 2.54 bits per heavy atom. The molecule has 4 rings (SSSR count). The molecular weight excluding hydrogens is 330 g/mol. The van der Waals surface area contributed by atoms with Gasteiger partial charge in [-0.3, -0.25) is 0 Å². The summed E-state index contributed by atoms with van der Waals surface area (Å²) in [5.74, 6) is 2.54. The van der Waals surface area contributed by atoms with Gasteiger partial charge in [-0.2, -0.15) is 14.6 Å². The van der Waals surface area contributed by atoms with Gasteiger partial charge >= 0.3 is 0 Å². The molecule has 8 nitrogen and oxygen atoms in total. The van der Waals surface area contributed by atoms with Gasteiger partial charge in [0.25, 0.3) is 0 Å². The van der Waals surface area contributed by atoms with Gasteiger partial charge in [0.15, 0.2) is 5.82 Å².